The summed E-state index contributed by atoms with van der Waals surface area (Å²) in [6.45, 7) is 5.83. The summed E-state index contributed by atoms with van der Waals surface area (Å²) in [7, 11) is 0. The first-order chi connectivity index (χ1) is 14.6. The van der Waals surface area contributed by atoms with E-state index in [1.807, 2.05) is 30.3 Å². The Morgan fingerprint density at radius 1 is 1.13 bits per heavy atom. The molecule has 0 amide bonds. The molecule has 0 bridgehead atoms. The van der Waals surface area contributed by atoms with Crippen molar-refractivity contribution in [2.24, 2.45) is 0 Å². The molecule has 0 radical (unpaired) electrons. The average Bonchev–Trinajstić information content (AvgIpc) is 2.76. The minimum absolute atomic E-state index is 0.103. The largest absolute Gasteiger partial charge is 0.490 e. The normalized spacial score (nSPS) is 20.9. The number of nitrogens with zero attached hydrogens (tertiary/aromatic N) is 4. The molecule has 3 aromatic rings. The van der Waals surface area contributed by atoms with Crippen molar-refractivity contribution in [1.82, 2.24) is 14.6 Å². The van der Waals surface area contributed by atoms with Gasteiger partial charge in [-0.25, -0.2) is 4.98 Å². The Bertz CT molecular complexity index is 1150. The quantitative estimate of drug-likeness (QED) is 0.659. The molecule has 30 heavy (non-hydrogen) atoms. The first kappa shape index (κ1) is 18.7. The van der Waals surface area contributed by atoms with Gasteiger partial charge in [-0.3, -0.25) is 4.79 Å². The molecule has 1 saturated heterocycles. The van der Waals surface area contributed by atoms with E-state index in [4.69, 9.17) is 14.2 Å². The van der Waals surface area contributed by atoms with Crippen molar-refractivity contribution in [3.05, 3.63) is 52.4 Å². The number of anilines is 1. The van der Waals surface area contributed by atoms with Gasteiger partial charge in [-0.2, -0.15) is 4.52 Å². The van der Waals surface area contributed by atoms with Crippen molar-refractivity contribution in [3.8, 4) is 17.2 Å². The highest BCUT2D eigenvalue weighted by molar-refractivity contribution is 5.48. The highest BCUT2D eigenvalue weighted by Crippen LogP contribution is 2.35. The summed E-state index contributed by atoms with van der Waals surface area (Å²) in [4.78, 5) is 18.9. The second-order valence-electron chi connectivity index (χ2n) is 7.82. The van der Waals surface area contributed by atoms with Crippen molar-refractivity contribution in [3.63, 3.8) is 0 Å². The van der Waals surface area contributed by atoms with E-state index in [9.17, 15) is 4.79 Å². The summed E-state index contributed by atoms with van der Waals surface area (Å²) in [5.41, 5.74) is 1.00. The highest BCUT2D eigenvalue weighted by atomic mass is 16.6. The van der Waals surface area contributed by atoms with Gasteiger partial charge in [-0.1, -0.05) is 0 Å². The van der Waals surface area contributed by atoms with Crippen LogP contribution in [0, 0.1) is 6.92 Å². The number of hydrogen-bond acceptors (Lipinski definition) is 7. The van der Waals surface area contributed by atoms with Gasteiger partial charge in [0.25, 0.3) is 5.56 Å². The van der Waals surface area contributed by atoms with E-state index < -0.39 is 0 Å². The molecule has 8 nitrogen and oxygen atoms in total. The van der Waals surface area contributed by atoms with Crippen LogP contribution in [0.5, 0.6) is 17.2 Å². The Kier molecular flexibility index (Phi) is 4.69. The Morgan fingerprint density at radius 3 is 2.80 bits per heavy atom. The zero-order valence-corrected chi connectivity index (χ0v) is 17.1. The summed E-state index contributed by atoms with van der Waals surface area (Å²) in [5.74, 6) is 3.07. The molecular weight excluding hydrogens is 384 g/mol. The fraction of sp³-hybridized carbons (Fsp3) is 0.409. The van der Waals surface area contributed by atoms with Gasteiger partial charge in [0.05, 0.1) is 0 Å². The molecule has 5 rings (SSSR count). The Labute approximate surface area is 174 Å². The van der Waals surface area contributed by atoms with E-state index in [1.165, 1.54) is 4.52 Å². The molecule has 4 heterocycles. The van der Waals surface area contributed by atoms with Crippen LogP contribution in [0.25, 0.3) is 5.65 Å². The van der Waals surface area contributed by atoms with E-state index in [0.29, 0.717) is 24.4 Å². The predicted octanol–water partition coefficient (Wildman–Crippen LogP) is 2.61. The molecule has 2 atom stereocenters. The second-order valence-corrected chi connectivity index (χ2v) is 7.82. The molecule has 2 aliphatic rings. The van der Waals surface area contributed by atoms with Crippen molar-refractivity contribution in [2.75, 3.05) is 24.7 Å². The number of piperidine rings is 1. The molecule has 1 aromatic carbocycles. The van der Waals surface area contributed by atoms with Crippen LogP contribution in [0.1, 0.15) is 25.3 Å². The van der Waals surface area contributed by atoms with Gasteiger partial charge in [0.2, 0.25) is 0 Å². The Hall–Kier alpha value is -3.29. The lowest BCUT2D eigenvalue weighted by atomic mass is 10.0. The second kappa shape index (κ2) is 7.51. The zero-order chi connectivity index (χ0) is 20.7. The van der Waals surface area contributed by atoms with Crippen LogP contribution >= 0.6 is 0 Å². The lowest BCUT2D eigenvalue weighted by Gasteiger charge is -2.38. The van der Waals surface area contributed by atoms with Crippen molar-refractivity contribution in [1.29, 1.82) is 0 Å². The first-order valence-corrected chi connectivity index (χ1v) is 10.3. The molecule has 0 saturated carbocycles. The minimum Gasteiger partial charge on any atom is -0.490 e. The minimum atomic E-state index is -0.133. The lowest BCUT2D eigenvalue weighted by molar-refractivity contribution is 0.149. The summed E-state index contributed by atoms with van der Waals surface area (Å²) in [5, 5.41) is 4.56. The van der Waals surface area contributed by atoms with Crippen molar-refractivity contribution in [2.45, 2.75) is 38.8 Å². The van der Waals surface area contributed by atoms with E-state index in [0.717, 1.165) is 42.5 Å². The molecular formula is C22H24N4O4. The van der Waals surface area contributed by atoms with Gasteiger partial charge < -0.3 is 19.1 Å². The third kappa shape index (κ3) is 3.42. The van der Waals surface area contributed by atoms with Gasteiger partial charge >= 0.3 is 0 Å². The molecule has 8 heteroatoms. The molecule has 0 aliphatic carbocycles. The number of aromatic nitrogens is 3. The van der Waals surface area contributed by atoms with Gasteiger partial charge in [-0.05, 0) is 38.1 Å². The Morgan fingerprint density at radius 2 is 1.97 bits per heavy atom. The molecule has 0 spiro atoms. The predicted molar refractivity (Wildman–Crippen MR) is 112 cm³/mol. The SMILES string of the molecule is Cc1cnc2ccc(N3CC[C@H](Oc4ccc5c(c4)OCCO5)C[C@H]3C)nn2c1=O. The van der Waals surface area contributed by atoms with Gasteiger partial charge in [0, 0.05) is 43.3 Å². The number of rotatable bonds is 3. The lowest BCUT2D eigenvalue weighted by Crippen LogP contribution is -2.45. The van der Waals surface area contributed by atoms with Crippen LogP contribution in [0.4, 0.5) is 5.82 Å². The molecule has 156 valence electrons. The fourth-order valence-electron chi connectivity index (χ4n) is 4.06. The molecule has 2 aromatic heterocycles. The summed E-state index contributed by atoms with van der Waals surface area (Å²) in [6, 6.07) is 9.72. The third-order valence-corrected chi connectivity index (χ3v) is 5.66. The standard InChI is InChI=1S/C22H24N4O4/c1-14-13-23-20-5-6-21(24-26(20)22(14)27)25-8-7-17(11-15(25)2)30-16-3-4-18-19(12-16)29-10-9-28-18/h3-6,12-13,15,17H,7-11H2,1-2H3/t15-,17+/m1/s1. The van der Waals surface area contributed by atoms with Gasteiger partial charge in [0.15, 0.2) is 17.1 Å². The number of hydrogen-bond donors (Lipinski definition) is 0. The smallest absolute Gasteiger partial charge is 0.277 e. The van der Waals surface area contributed by atoms with Gasteiger partial charge in [-0.15, -0.1) is 5.10 Å². The van der Waals surface area contributed by atoms with E-state index in [1.54, 1.807) is 13.1 Å². The number of ether oxygens (including phenoxy) is 3. The van der Waals surface area contributed by atoms with Crippen LogP contribution in [0.3, 0.4) is 0 Å². The highest BCUT2D eigenvalue weighted by Gasteiger charge is 2.28. The van der Waals surface area contributed by atoms with Crippen LogP contribution in [0.2, 0.25) is 0 Å². The van der Waals surface area contributed by atoms with Crippen LogP contribution < -0.4 is 24.7 Å². The van der Waals surface area contributed by atoms with E-state index >= 15 is 0 Å². The summed E-state index contributed by atoms with van der Waals surface area (Å²) >= 11 is 0. The van der Waals surface area contributed by atoms with E-state index in [2.05, 4.69) is 21.9 Å². The summed E-state index contributed by atoms with van der Waals surface area (Å²) < 4.78 is 18.8. The maximum Gasteiger partial charge on any atom is 0.277 e. The Balaban J connectivity index is 1.30. The molecule has 2 aliphatic heterocycles. The fourth-order valence-corrected chi connectivity index (χ4v) is 4.06. The summed E-state index contributed by atoms with van der Waals surface area (Å²) in [6.07, 6.45) is 3.41. The van der Waals surface area contributed by atoms with Crippen LogP contribution in [-0.2, 0) is 0 Å². The van der Waals surface area contributed by atoms with Crippen LogP contribution in [-0.4, -0.2) is 46.5 Å². The van der Waals surface area contributed by atoms with E-state index in [-0.39, 0.29) is 17.7 Å². The topological polar surface area (TPSA) is 78.2 Å². The average molecular weight is 408 g/mol. The first-order valence-electron chi connectivity index (χ1n) is 10.3. The molecule has 0 N–H and O–H groups in total. The van der Waals surface area contributed by atoms with Gasteiger partial charge in [0.1, 0.15) is 30.9 Å². The number of fused-ring (bicyclic) bond motifs is 2. The third-order valence-electron chi connectivity index (χ3n) is 5.66. The van der Waals surface area contributed by atoms with Crippen molar-refractivity contribution < 1.29 is 14.2 Å². The molecule has 1 fully saturated rings. The van der Waals surface area contributed by atoms with Crippen LogP contribution in [0.15, 0.2) is 41.3 Å². The maximum absolute atomic E-state index is 12.4. The number of benzene rings is 1. The van der Waals surface area contributed by atoms with Crippen molar-refractivity contribution >= 4 is 11.5 Å². The number of aryl methyl sites for hydroxylation is 1. The monoisotopic (exact) mass is 408 g/mol. The zero-order valence-electron chi connectivity index (χ0n) is 17.1. The molecule has 0 unspecified atom stereocenters. The maximum atomic E-state index is 12.4.